The summed E-state index contributed by atoms with van der Waals surface area (Å²) in [5.74, 6) is -1.34. The van der Waals surface area contributed by atoms with Gasteiger partial charge < -0.3 is 9.67 Å². The van der Waals surface area contributed by atoms with Crippen molar-refractivity contribution in [1.29, 1.82) is 0 Å². The molecule has 1 atom stereocenters. The quantitative estimate of drug-likeness (QED) is 0.623. The van der Waals surface area contributed by atoms with Crippen molar-refractivity contribution in [2.45, 2.75) is 12.5 Å². The summed E-state index contributed by atoms with van der Waals surface area (Å²) in [4.78, 5) is 42.9. The second-order valence-electron chi connectivity index (χ2n) is 4.86. The Morgan fingerprint density at radius 3 is 2.00 bits per heavy atom. The highest BCUT2D eigenvalue weighted by molar-refractivity contribution is 5.72. The van der Waals surface area contributed by atoms with Crippen LogP contribution in [0.2, 0.25) is 0 Å². The van der Waals surface area contributed by atoms with Gasteiger partial charge in [0.25, 0.3) is 0 Å². The van der Waals surface area contributed by atoms with Crippen LogP contribution >= 0.6 is 0 Å². The number of benzene rings is 1. The molecule has 0 aliphatic rings. The Bertz CT molecular complexity index is 822. The minimum atomic E-state index is -1.37. The number of nitrogens with zero attached hydrogens (tertiary/aromatic N) is 3. The summed E-state index contributed by atoms with van der Waals surface area (Å²) in [7, 11) is 0. The van der Waals surface area contributed by atoms with Crippen LogP contribution in [-0.4, -0.2) is 25.5 Å². The van der Waals surface area contributed by atoms with E-state index in [0.29, 0.717) is 18.0 Å². The first-order chi connectivity index (χ1) is 11.3. The molecule has 10 nitrogen and oxygen atoms in total. The molecule has 2 aromatic rings. The van der Waals surface area contributed by atoms with E-state index in [-0.39, 0.29) is 6.42 Å². The van der Waals surface area contributed by atoms with Gasteiger partial charge in [-0.2, -0.15) is 0 Å². The van der Waals surface area contributed by atoms with Crippen LogP contribution in [0.5, 0.6) is 0 Å². The van der Waals surface area contributed by atoms with Gasteiger partial charge >= 0.3 is 22.8 Å². The maximum Gasteiger partial charge on any atom is 0.339 e. The molecule has 0 saturated carbocycles. The lowest BCUT2D eigenvalue weighted by Gasteiger charge is -2.16. The van der Waals surface area contributed by atoms with E-state index in [0.717, 1.165) is 4.57 Å². The molecule has 2 rings (SSSR count). The highest BCUT2D eigenvalue weighted by Crippen LogP contribution is 2.20. The van der Waals surface area contributed by atoms with Gasteiger partial charge in [0.2, 0.25) is 0 Å². The van der Waals surface area contributed by atoms with Crippen LogP contribution in [0.25, 0.3) is 0 Å². The maximum atomic E-state index is 11.7. The highest BCUT2D eigenvalue weighted by Gasteiger charge is 2.29. The molecule has 124 valence electrons. The van der Waals surface area contributed by atoms with E-state index in [1.54, 1.807) is 30.3 Å². The molecule has 1 aromatic carbocycles. The van der Waals surface area contributed by atoms with E-state index >= 15 is 0 Å². The van der Waals surface area contributed by atoms with Gasteiger partial charge in [-0.3, -0.25) is 25.0 Å². The van der Waals surface area contributed by atoms with Crippen LogP contribution in [0.15, 0.2) is 47.5 Å². The predicted octanol–water partition coefficient (Wildman–Crippen LogP) is 1.53. The molecule has 24 heavy (non-hydrogen) atoms. The van der Waals surface area contributed by atoms with E-state index in [2.05, 4.69) is 0 Å². The molecular weight excluding hydrogens is 322 g/mol. The number of pyridine rings is 1. The number of hydrogen-bond acceptors (Lipinski definition) is 6. The largest absolute Gasteiger partial charge is 0.480 e. The Hall–Kier alpha value is -3.56. The molecule has 0 amide bonds. The summed E-state index contributed by atoms with van der Waals surface area (Å²) in [6.07, 6.45) is 1.35. The molecule has 1 heterocycles. The number of aliphatic carboxylic acids is 1. The van der Waals surface area contributed by atoms with Crippen LogP contribution in [0, 0.1) is 20.2 Å². The number of nitro groups is 2. The third-order valence-corrected chi connectivity index (χ3v) is 3.32. The normalized spacial score (nSPS) is 11.7. The number of carbonyl (C=O) groups is 1. The lowest BCUT2D eigenvalue weighted by atomic mass is 10.1. The molecule has 0 fully saturated rings. The van der Waals surface area contributed by atoms with Crippen LogP contribution < -0.4 is 5.43 Å². The number of rotatable bonds is 6. The van der Waals surface area contributed by atoms with Crippen LogP contribution in [0.4, 0.5) is 11.4 Å². The fourth-order valence-corrected chi connectivity index (χ4v) is 2.17. The molecule has 0 unspecified atom stereocenters. The van der Waals surface area contributed by atoms with Gasteiger partial charge in [-0.25, -0.2) is 4.79 Å². The topological polar surface area (TPSA) is 146 Å². The van der Waals surface area contributed by atoms with E-state index in [1.165, 1.54) is 0 Å². The smallest absolute Gasteiger partial charge is 0.339 e. The fourth-order valence-electron chi connectivity index (χ4n) is 2.17. The van der Waals surface area contributed by atoms with E-state index < -0.39 is 38.7 Å². The van der Waals surface area contributed by atoms with E-state index in [4.69, 9.17) is 0 Å². The molecule has 1 aromatic heterocycles. The zero-order valence-corrected chi connectivity index (χ0v) is 12.1. The van der Waals surface area contributed by atoms with Gasteiger partial charge in [0.1, 0.15) is 6.04 Å². The van der Waals surface area contributed by atoms with Crippen molar-refractivity contribution >= 4 is 17.3 Å². The van der Waals surface area contributed by atoms with E-state index in [9.17, 15) is 34.9 Å². The number of carboxylic acid groups (broad SMARTS) is 1. The van der Waals surface area contributed by atoms with Gasteiger partial charge in [0.05, 0.1) is 22.2 Å². The Morgan fingerprint density at radius 2 is 1.58 bits per heavy atom. The maximum absolute atomic E-state index is 11.7. The van der Waals surface area contributed by atoms with Crippen molar-refractivity contribution < 1.29 is 19.7 Å². The van der Waals surface area contributed by atoms with Crippen molar-refractivity contribution in [1.82, 2.24) is 4.57 Å². The zero-order valence-electron chi connectivity index (χ0n) is 12.1. The molecule has 0 aliphatic carbocycles. The molecule has 1 N–H and O–H groups in total. The Labute approximate surface area is 133 Å². The van der Waals surface area contributed by atoms with Gasteiger partial charge in [0, 0.05) is 6.42 Å². The Kier molecular flexibility index (Phi) is 4.68. The summed E-state index contributed by atoms with van der Waals surface area (Å²) in [6.45, 7) is 0. The number of hydrogen-bond donors (Lipinski definition) is 1. The summed E-state index contributed by atoms with van der Waals surface area (Å²) in [5, 5.41) is 31.2. The van der Waals surface area contributed by atoms with Crippen LogP contribution in [-0.2, 0) is 11.2 Å². The van der Waals surface area contributed by atoms with Crippen molar-refractivity contribution in [3.63, 3.8) is 0 Å². The SMILES string of the molecule is O=C(O)[C@@H](Cc1ccccc1)n1cc([N+](=O)[O-])c(=O)c([N+](=O)[O-])c1. The Balaban J connectivity index is 2.58. The minimum Gasteiger partial charge on any atom is -0.480 e. The van der Waals surface area contributed by atoms with E-state index in [1.807, 2.05) is 0 Å². The summed E-state index contributed by atoms with van der Waals surface area (Å²) < 4.78 is 0.812. The molecule has 0 aliphatic heterocycles. The van der Waals surface area contributed by atoms with Gasteiger partial charge in [-0.05, 0) is 5.56 Å². The third kappa shape index (κ3) is 3.43. The van der Waals surface area contributed by atoms with Crippen molar-refractivity contribution in [3.8, 4) is 0 Å². The molecular formula is C14H11N3O7. The standard InChI is InChI=1S/C14H11N3O7/c18-13-11(16(21)22)7-15(8-12(13)17(23)24)10(14(19)20)6-9-4-2-1-3-5-9/h1-5,7-8,10H,6H2,(H,19,20)/t10-/m1/s1. The Morgan fingerprint density at radius 1 is 1.08 bits per heavy atom. The average Bonchev–Trinajstić information content (AvgIpc) is 2.53. The second-order valence-corrected chi connectivity index (χ2v) is 4.86. The summed E-state index contributed by atoms with van der Waals surface area (Å²) >= 11 is 0. The summed E-state index contributed by atoms with van der Waals surface area (Å²) in [5.41, 5.74) is -2.86. The highest BCUT2D eigenvalue weighted by atomic mass is 16.6. The molecule has 10 heteroatoms. The first-order valence-corrected chi connectivity index (χ1v) is 6.62. The molecule has 0 saturated heterocycles. The second kappa shape index (κ2) is 6.69. The van der Waals surface area contributed by atoms with Crippen molar-refractivity contribution in [3.05, 3.63) is 78.7 Å². The minimum absolute atomic E-state index is 0.0622. The molecule has 0 spiro atoms. The molecule has 0 radical (unpaired) electrons. The first kappa shape index (κ1) is 16.8. The zero-order chi connectivity index (χ0) is 17.9. The summed E-state index contributed by atoms with van der Waals surface area (Å²) in [6, 6.07) is 7.07. The lowest BCUT2D eigenvalue weighted by molar-refractivity contribution is -0.397. The van der Waals surface area contributed by atoms with Crippen LogP contribution in [0.1, 0.15) is 11.6 Å². The number of aromatic nitrogens is 1. The monoisotopic (exact) mass is 333 g/mol. The average molecular weight is 333 g/mol. The van der Waals surface area contributed by atoms with Gasteiger partial charge in [-0.1, -0.05) is 30.3 Å². The molecule has 0 bridgehead atoms. The van der Waals surface area contributed by atoms with Crippen LogP contribution in [0.3, 0.4) is 0 Å². The van der Waals surface area contributed by atoms with Crippen molar-refractivity contribution in [2.75, 3.05) is 0 Å². The fraction of sp³-hybridized carbons (Fsp3) is 0.143. The lowest BCUT2D eigenvalue weighted by Crippen LogP contribution is -2.24. The third-order valence-electron chi connectivity index (χ3n) is 3.32. The van der Waals surface area contributed by atoms with Gasteiger partial charge in [0.15, 0.2) is 0 Å². The first-order valence-electron chi connectivity index (χ1n) is 6.62. The van der Waals surface area contributed by atoms with Crippen molar-refractivity contribution in [2.24, 2.45) is 0 Å². The van der Waals surface area contributed by atoms with Gasteiger partial charge in [-0.15, -0.1) is 0 Å². The predicted molar refractivity (Wildman–Crippen MR) is 80.8 cm³/mol. The number of carboxylic acids is 1.